The number of amides is 2. The molecule has 28 heavy (non-hydrogen) atoms. The largest absolute Gasteiger partial charge is 0.325 e. The molecule has 0 aliphatic heterocycles. The van der Waals surface area contributed by atoms with Crippen LogP contribution >= 0.6 is 0 Å². The first-order chi connectivity index (χ1) is 13.2. The number of rotatable bonds is 8. The Labute approximate surface area is 164 Å². The van der Waals surface area contributed by atoms with Crippen molar-refractivity contribution in [2.75, 3.05) is 22.1 Å². The van der Waals surface area contributed by atoms with E-state index in [0.29, 0.717) is 5.69 Å². The minimum Gasteiger partial charge on any atom is -0.325 e. The molecule has 2 N–H and O–H groups in total. The van der Waals surface area contributed by atoms with Gasteiger partial charge in [0.25, 0.3) is 0 Å². The number of anilines is 2. The van der Waals surface area contributed by atoms with Gasteiger partial charge in [0, 0.05) is 11.4 Å². The average molecular weight is 406 g/mol. The number of hydrogen-bond donors (Lipinski definition) is 2. The second-order valence-corrected chi connectivity index (χ2v) is 8.60. The first-order valence-electron chi connectivity index (χ1n) is 8.85. The Morgan fingerprint density at radius 3 is 2.14 bits per heavy atom. The average Bonchev–Trinajstić information content (AvgIpc) is 2.62. The van der Waals surface area contributed by atoms with E-state index >= 15 is 0 Å². The normalized spacial score (nSPS) is 12.2. The number of carbonyl (C=O) groups is 2. The van der Waals surface area contributed by atoms with E-state index < -0.39 is 39.0 Å². The molecule has 0 fully saturated rings. The lowest BCUT2D eigenvalue weighted by molar-refractivity contribution is -0.114. The number of hydrogen-bond acceptors (Lipinski definition) is 4. The molecular formula is C20H23FN2O4S. The van der Waals surface area contributed by atoms with E-state index in [4.69, 9.17) is 0 Å². The number of para-hydroxylation sites is 1. The molecule has 2 rings (SSSR count). The zero-order valence-corrected chi connectivity index (χ0v) is 16.6. The Morgan fingerprint density at radius 1 is 0.964 bits per heavy atom. The molecule has 0 aromatic heterocycles. The summed E-state index contributed by atoms with van der Waals surface area (Å²) in [5.74, 6) is -3.41. The maximum Gasteiger partial charge on any atom is 0.239 e. The first-order valence-corrected chi connectivity index (χ1v) is 10.7. The van der Waals surface area contributed by atoms with Gasteiger partial charge in [-0.3, -0.25) is 9.59 Å². The smallest absolute Gasteiger partial charge is 0.239 e. The van der Waals surface area contributed by atoms with Crippen LogP contribution in [0.4, 0.5) is 15.8 Å². The Hall–Kier alpha value is -2.74. The fourth-order valence-electron chi connectivity index (χ4n) is 2.63. The highest BCUT2D eigenvalue weighted by molar-refractivity contribution is 7.92. The van der Waals surface area contributed by atoms with Crippen LogP contribution in [0.2, 0.25) is 0 Å². The highest BCUT2D eigenvalue weighted by Gasteiger charge is 2.22. The van der Waals surface area contributed by atoms with E-state index in [2.05, 4.69) is 10.6 Å². The number of nitrogens with one attached hydrogen (secondary N) is 2. The van der Waals surface area contributed by atoms with Crippen molar-refractivity contribution < 1.29 is 22.4 Å². The van der Waals surface area contributed by atoms with E-state index in [0.717, 1.165) is 24.1 Å². The summed E-state index contributed by atoms with van der Waals surface area (Å²) >= 11 is 0. The minimum atomic E-state index is -3.97. The third-order valence-corrected chi connectivity index (χ3v) is 5.61. The van der Waals surface area contributed by atoms with Crippen molar-refractivity contribution in [2.24, 2.45) is 0 Å². The van der Waals surface area contributed by atoms with Crippen molar-refractivity contribution in [3.8, 4) is 0 Å². The van der Waals surface area contributed by atoms with Gasteiger partial charge in [-0.15, -0.1) is 0 Å². The van der Waals surface area contributed by atoms with Crippen LogP contribution in [0, 0.1) is 5.82 Å². The van der Waals surface area contributed by atoms with Crippen LogP contribution in [0.15, 0.2) is 48.5 Å². The van der Waals surface area contributed by atoms with Crippen LogP contribution in [-0.4, -0.2) is 31.7 Å². The summed E-state index contributed by atoms with van der Waals surface area (Å²) in [6, 6.07) is 12.1. The molecule has 8 heteroatoms. The fraction of sp³-hybridized carbons (Fsp3) is 0.300. The van der Waals surface area contributed by atoms with Gasteiger partial charge in [-0.05, 0) is 48.2 Å². The van der Waals surface area contributed by atoms with Gasteiger partial charge in [-0.25, -0.2) is 12.8 Å². The van der Waals surface area contributed by atoms with Gasteiger partial charge >= 0.3 is 0 Å². The monoisotopic (exact) mass is 406 g/mol. The summed E-state index contributed by atoms with van der Waals surface area (Å²) in [7, 11) is -3.97. The highest BCUT2D eigenvalue weighted by Crippen LogP contribution is 2.26. The van der Waals surface area contributed by atoms with Crippen molar-refractivity contribution in [3.63, 3.8) is 0 Å². The van der Waals surface area contributed by atoms with Gasteiger partial charge in [0.15, 0.2) is 9.84 Å². The molecule has 2 amide bonds. The number of halogens is 1. The molecular weight excluding hydrogens is 383 g/mol. The van der Waals surface area contributed by atoms with E-state index in [-0.39, 0.29) is 11.6 Å². The zero-order valence-electron chi connectivity index (χ0n) is 15.7. The predicted molar refractivity (Wildman–Crippen MR) is 107 cm³/mol. The molecule has 1 unspecified atom stereocenters. The van der Waals surface area contributed by atoms with E-state index in [1.165, 1.54) is 12.1 Å². The molecule has 0 saturated heterocycles. The summed E-state index contributed by atoms with van der Waals surface area (Å²) in [6.45, 7) is 4.04. The van der Waals surface area contributed by atoms with Crippen molar-refractivity contribution in [1.82, 2.24) is 0 Å². The molecule has 1 atom stereocenters. The Morgan fingerprint density at radius 2 is 1.54 bits per heavy atom. The van der Waals surface area contributed by atoms with Gasteiger partial charge in [-0.2, -0.15) is 0 Å². The number of benzene rings is 2. The van der Waals surface area contributed by atoms with E-state index in [9.17, 15) is 22.4 Å². The lowest BCUT2D eigenvalue weighted by Gasteiger charge is -2.15. The molecule has 0 aliphatic rings. The maximum atomic E-state index is 12.9. The van der Waals surface area contributed by atoms with E-state index in [1.54, 1.807) is 12.1 Å². The SMILES string of the molecule is CCC(C)c1ccccc1NC(=O)CS(=O)(=O)CC(=O)Nc1ccc(F)cc1. The summed E-state index contributed by atoms with van der Waals surface area (Å²) in [5.41, 5.74) is 1.76. The molecule has 2 aromatic rings. The minimum absolute atomic E-state index is 0.203. The second-order valence-electron chi connectivity index (χ2n) is 6.53. The molecule has 0 saturated carbocycles. The topological polar surface area (TPSA) is 92.3 Å². The number of carbonyl (C=O) groups excluding carboxylic acids is 2. The van der Waals surface area contributed by atoms with Gasteiger partial charge in [0.1, 0.15) is 17.3 Å². The Balaban J connectivity index is 1.97. The molecule has 2 aromatic carbocycles. The quantitative estimate of drug-likeness (QED) is 0.703. The molecule has 150 valence electrons. The molecule has 0 radical (unpaired) electrons. The molecule has 0 aliphatic carbocycles. The summed E-state index contributed by atoms with van der Waals surface area (Å²) < 4.78 is 37.2. The third kappa shape index (κ3) is 6.45. The van der Waals surface area contributed by atoms with Gasteiger partial charge < -0.3 is 10.6 Å². The maximum absolute atomic E-state index is 12.9. The second kappa shape index (κ2) is 9.45. The standard InChI is InChI=1S/C20H23FN2O4S/c1-3-14(2)17-6-4-5-7-18(17)23-20(25)13-28(26,27)12-19(24)22-16-10-8-15(21)9-11-16/h4-11,14H,3,12-13H2,1-2H3,(H,22,24)(H,23,25). The van der Waals surface area contributed by atoms with Crippen molar-refractivity contribution in [1.29, 1.82) is 0 Å². The predicted octanol–water partition coefficient (Wildman–Crippen LogP) is 3.33. The Bertz CT molecular complexity index is 943. The molecule has 6 nitrogen and oxygen atoms in total. The van der Waals surface area contributed by atoms with Crippen LogP contribution < -0.4 is 10.6 Å². The highest BCUT2D eigenvalue weighted by atomic mass is 32.2. The summed E-state index contributed by atoms with van der Waals surface area (Å²) in [6.07, 6.45) is 0.870. The van der Waals surface area contributed by atoms with Crippen LogP contribution in [0.25, 0.3) is 0 Å². The van der Waals surface area contributed by atoms with Gasteiger partial charge in [0.05, 0.1) is 0 Å². The molecule has 0 bridgehead atoms. The van der Waals surface area contributed by atoms with Crippen LogP contribution in [0.5, 0.6) is 0 Å². The van der Waals surface area contributed by atoms with Crippen LogP contribution in [0.3, 0.4) is 0 Å². The summed E-state index contributed by atoms with van der Waals surface area (Å²) in [5, 5.41) is 4.98. The zero-order chi connectivity index (χ0) is 20.7. The van der Waals surface area contributed by atoms with Gasteiger partial charge in [-0.1, -0.05) is 32.0 Å². The van der Waals surface area contributed by atoms with Gasteiger partial charge in [0.2, 0.25) is 11.8 Å². The fourth-order valence-corrected chi connectivity index (χ4v) is 3.67. The van der Waals surface area contributed by atoms with Crippen molar-refractivity contribution in [3.05, 3.63) is 59.9 Å². The first kappa shape index (κ1) is 21.6. The molecule has 0 spiro atoms. The van der Waals surface area contributed by atoms with Crippen molar-refractivity contribution in [2.45, 2.75) is 26.2 Å². The molecule has 0 heterocycles. The third-order valence-electron chi connectivity index (χ3n) is 4.21. The lowest BCUT2D eigenvalue weighted by Crippen LogP contribution is -2.30. The lowest BCUT2D eigenvalue weighted by atomic mass is 9.97. The van der Waals surface area contributed by atoms with Crippen LogP contribution in [0.1, 0.15) is 31.7 Å². The van der Waals surface area contributed by atoms with E-state index in [1.807, 2.05) is 26.0 Å². The Kier molecular flexibility index (Phi) is 7.28. The van der Waals surface area contributed by atoms with Crippen LogP contribution in [-0.2, 0) is 19.4 Å². The van der Waals surface area contributed by atoms with Crippen molar-refractivity contribution >= 4 is 33.0 Å². The number of sulfone groups is 1. The summed E-state index contributed by atoms with van der Waals surface area (Å²) in [4.78, 5) is 24.1.